The number of nitrogens with zero attached hydrogens (tertiary/aromatic N) is 2. The first-order valence-corrected chi connectivity index (χ1v) is 6.77. The lowest BCUT2D eigenvalue weighted by atomic mass is 9.98. The van der Waals surface area contributed by atoms with Crippen molar-refractivity contribution in [1.29, 1.82) is 5.26 Å². The highest BCUT2D eigenvalue weighted by Gasteiger charge is 2.40. The van der Waals surface area contributed by atoms with Crippen molar-refractivity contribution < 1.29 is 0 Å². The number of halogens is 1. The fourth-order valence-corrected chi connectivity index (χ4v) is 3.53. The summed E-state index contributed by atoms with van der Waals surface area (Å²) in [5.41, 5.74) is 7.79. The van der Waals surface area contributed by atoms with Crippen LogP contribution in [0.5, 0.6) is 0 Å². The molecule has 18 heavy (non-hydrogen) atoms. The standard InChI is InChI=1S/C14H16ClN3/c15-13-5-11(3-1-9(13)6-16)18-7-10-2-4-14(17)12(10)8-18/h1,3,5,10,12,14H,2,4,7-8,17H2. The molecular formula is C14H16ClN3. The van der Waals surface area contributed by atoms with E-state index in [2.05, 4.69) is 11.0 Å². The molecule has 0 spiro atoms. The Bertz CT molecular complexity index is 508. The minimum absolute atomic E-state index is 0.355. The van der Waals surface area contributed by atoms with Gasteiger partial charge in [-0.15, -0.1) is 0 Å². The lowest BCUT2D eigenvalue weighted by Gasteiger charge is -2.21. The second-order valence-electron chi connectivity index (χ2n) is 5.35. The highest BCUT2D eigenvalue weighted by atomic mass is 35.5. The third kappa shape index (κ3) is 1.86. The van der Waals surface area contributed by atoms with Gasteiger partial charge < -0.3 is 10.6 Å². The van der Waals surface area contributed by atoms with E-state index in [1.807, 2.05) is 12.1 Å². The SMILES string of the molecule is N#Cc1ccc(N2CC3CCC(N)C3C2)cc1Cl. The summed E-state index contributed by atoms with van der Waals surface area (Å²) < 4.78 is 0. The van der Waals surface area contributed by atoms with Crippen molar-refractivity contribution in [3.05, 3.63) is 28.8 Å². The number of benzene rings is 1. The smallest absolute Gasteiger partial charge is 0.101 e. The zero-order chi connectivity index (χ0) is 12.7. The Balaban J connectivity index is 1.81. The summed E-state index contributed by atoms with van der Waals surface area (Å²) in [6.07, 6.45) is 2.41. The van der Waals surface area contributed by atoms with Crippen LogP contribution in [0, 0.1) is 23.2 Å². The highest BCUT2D eigenvalue weighted by molar-refractivity contribution is 6.32. The molecule has 2 fully saturated rings. The van der Waals surface area contributed by atoms with E-state index in [1.165, 1.54) is 6.42 Å². The van der Waals surface area contributed by atoms with Gasteiger partial charge in [0.15, 0.2) is 0 Å². The molecule has 0 radical (unpaired) electrons. The van der Waals surface area contributed by atoms with Crippen LogP contribution in [-0.2, 0) is 0 Å². The van der Waals surface area contributed by atoms with Crippen molar-refractivity contribution in [2.24, 2.45) is 17.6 Å². The van der Waals surface area contributed by atoms with Crippen LogP contribution in [0.1, 0.15) is 18.4 Å². The maximum absolute atomic E-state index is 8.88. The first-order chi connectivity index (χ1) is 8.69. The van der Waals surface area contributed by atoms with Gasteiger partial charge in [0.05, 0.1) is 10.6 Å². The minimum Gasteiger partial charge on any atom is -0.371 e. The lowest BCUT2D eigenvalue weighted by molar-refractivity contribution is 0.453. The van der Waals surface area contributed by atoms with Gasteiger partial charge in [0.1, 0.15) is 6.07 Å². The van der Waals surface area contributed by atoms with Crippen LogP contribution >= 0.6 is 11.6 Å². The molecule has 3 nitrogen and oxygen atoms in total. The Hall–Kier alpha value is -1.24. The highest BCUT2D eigenvalue weighted by Crippen LogP contribution is 2.39. The van der Waals surface area contributed by atoms with E-state index in [0.29, 0.717) is 22.5 Å². The molecule has 0 aromatic heterocycles. The summed E-state index contributed by atoms with van der Waals surface area (Å²) in [7, 11) is 0. The number of nitrogens with two attached hydrogens (primary N) is 1. The molecule has 1 saturated carbocycles. The van der Waals surface area contributed by atoms with Gasteiger partial charge >= 0.3 is 0 Å². The molecule has 4 heteroatoms. The number of anilines is 1. The third-order valence-electron chi connectivity index (χ3n) is 4.35. The average Bonchev–Trinajstić information content (AvgIpc) is 2.92. The number of rotatable bonds is 1. The first-order valence-electron chi connectivity index (χ1n) is 6.39. The molecule has 1 aromatic rings. The molecule has 3 atom stereocenters. The summed E-state index contributed by atoms with van der Waals surface area (Å²) in [5, 5.41) is 9.41. The van der Waals surface area contributed by atoms with Gasteiger partial charge in [0, 0.05) is 24.8 Å². The van der Waals surface area contributed by atoms with E-state index in [-0.39, 0.29) is 0 Å². The van der Waals surface area contributed by atoms with E-state index in [0.717, 1.165) is 31.1 Å². The Kier molecular flexibility index (Phi) is 2.93. The monoisotopic (exact) mass is 261 g/mol. The second kappa shape index (κ2) is 4.46. The zero-order valence-electron chi connectivity index (χ0n) is 10.1. The van der Waals surface area contributed by atoms with Crippen molar-refractivity contribution in [2.45, 2.75) is 18.9 Å². The summed E-state index contributed by atoms with van der Waals surface area (Å²) >= 11 is 6.08. The fourth-order valence-electron chi connectivity index (χ4n) is 3.31. The summed E-state index contributed by atoms with van der Waals surface area (Å²) in [5.74, 6) is 1.36. The molecule has 3 unspecified atom stereocenters. The average molecular weight is 262 g/mol. The minimum atomic E-state index is 0.355. The predicted octanol–water partition coefficient (Wildman–Crippen LogP) is 2.39. The Morgan fingerprint density at radius 2 is 2.17 bits per heavy atom. The van der Waals surface area contributed by atoms with Crippen molar-refractivity contribution >= 4 is 17.3 Å². The van der Waals surface area contributed by atoms with Crippen LogP contribution in [0.2, 0.25) is 5.02 Å². The molecule has 3 rings (SSSR count). The topological polar surface area (TPSA) is 53.0 Å². The Morgan fingerprint density at radius 3 is 2.83 bits per heavy atom. The van der Waals surface area contributed by atoms with Crippen LogP contribution in [0.3, 0.4) is 0 Å². The van der Waals surface area contributed by atoms with Crippen LogP contribution in [0.25, 0.3) is 0 Å². The van der Waals surface area contributed by atoms with Crippen molar-refractivity contribution in [3.63, 3.8) is 0 Å². The molecule has 0 bridgehead atoms. The van der Waals surface area contributed by atoms with E-state index < -0.39 is 0 Å². The molecule has 1 heterocycles. The molecule has 1 aliphatic heterocycles. The molecule has 2 aliphatic rings. The largest absolute Gasteiger partial charge is 0.371 e. The van der Waals surface area contributed by atoms with Crippen molar-refractivity contribution in [2.75, 3.05) is 18.0 Å². The van der Waals surface area contributed by atoms with E-state index in [1.54, 1.807) is 6.07 Å². The van der Waals surface area contributed by atoms with Gasteiger partial charge in [0.25, 0.3) is 0 Å². The van der Waals surface area contributed by atoms with Crippen LogP contribution in [0.4, 0.5) is 5.69 Å². The second-order valence-corrected chi connectivity index (χ2v) is 5.75. The van der Waals surface area contributed by atoms with Crippen LogP contribution < -0.4 is 10.6 Å². The van der Waals surface area contributed by atoms with Gasteiger partial charge in [-0.25, -0.2) is 0 Å². The maximum atomic E-state index is 8.88. The Labute approximate surface area is 112 Å². The van der Waals surface area contributed by atoms with E-state index >= 15 is 0 Å². The molecule has 0 amide bonds. The van der Waals surface area contributed by atoms with E-state index in [9.17, 15) is 0 Å². The number of hydrogen-bond donors (Lipinski definition) is 1. The molecule has 94 valence electrons. The number of hydrogen-bond acceptors (Lipinski definition) is 3. The quantitative estimate of drug-likeness (QED) is 0.845. The third-order valence-corrected chi connectivity index (χ3v) is 4.66. The summed E-state index contributed by atoms with van der Waals surface area (Å²) in [6.45, 7) is 2.09. The predicted molar refractivity (Wildman–Crippen MR) is 72.6 cm³/mol. The zero-order valence-corrected chi connectivity index (χ0v) is 10.9. The molecule has 2 N–H and O–H groups in total. The molecule has 1 aliphatic carbocycles. The molecule has 1 aromatic carbocycles. The van der Waals surface area contributed by atoms with Gasteiger partial charge in [-0.05, 0) is 42.9 Å². The van der Waals surface area contributed by atoms with Crippen molar-refractivity contribution in [3.8, 4) is 6.07 Å². The van der Waals surface area contributed by atoms with Crippen molar-refractivity contribution in [1.82, 2.24) is 0 Å². The molecule has 1 saturated heterocycles. The number of fused-ring (bicyclic) bond motifs is 1. The van der Waals surface area contributed by atoms with Gasteiger partial charge in [-0.1, -0.05) is 11.6 Å². The summed E-state index contributed by atoms with van der Waals surface area (Å²) in [6, 6.07) is 8.12. The van der Waals surface area contributed by atoms with Gasteiger partial charge in [-0.2, -0.15) is 5.26 Å². The van der Waals surface area contributed by atoms with E-state index in [4.69, 9.17) is 22.6 Å². The maximum Gasteiger partial charge on any atom is 0.101 e. The van der Waals surface area contributed by atoms with Crippen LogP contribution in [0.15, 0.2) is 18.2 Å². The fraction of sp³-hybridized carbons (Fsp3) is 0.500. The molecular weight excluding hydrogens is 246 g/mol. The van der Waals surface area contributed by atoms with Gasteiger partial charge in [-0.3, -0.25) is 0 Å². The summed E-state index contributed by atoms with van der Waals surface area (Å²) in [4.78, 5) is 2.35. The van der Waals surface area contributed by atoms with Gasteiger partial charge in [0.2, 0.25) is 0 Å². The Morgan fingerprint density at radius 1 is 1.33 bits per heavy atom. The van der Waals surface area contributed by atoms with Crippen LogP contribution in [-0.4, -0.2) is 19.1 Å². The lowest BCUT2D eigenvalue weighted by Crippen LogP contribution is -2.30. The first kappa shape index (κ1) is 11.8. The number of nitriles is 1. The normalized spacial score (nSPS) is 30.3.